The van der Waals surface area contributed by atoms with Crippen LogP contribution in [0.5, 0.6) is 0 Å². The third-order valence-electron chi connectivity index (χ3n) is 3.26. The van der Waals surface area contributed by atoms with Gasteiger partial charge in [0.25, 0.3) is 0 Å². The fraction of sp³-hybridized carbons (Fsp3) is 1.00. The van der Waals surface area contributed by atoms with Crippen molar-refractivity contribution in [3.63, 3.8) is 0 Å². The van der Waals surface area contributed by atoms with Gasteiger partial charge in [-0.05, 0) is 40.9 Å². The van der Waals surface area contributed by atoms with Gasteiger partial charge in [-0.1, -0.05) is 0 Å². The number of likely N-dealkylation sites (N-methyl/N-ethyl adjacent to an activating group) is 2. The Morgan fingerprint density at radius 1 is 1.54 bits per heavy atom. The maximum absolute atomic E-state index is 9.24. The number of nitrogens with zero attached hydrogens (tertiary/aromatic N) is 2. The Morgan fingerprint density at radius 3 is 2.54 bits per heavy atom. The van der Waals surface area contributed by atoms with Gasteiger partial charge in [-0.25, -0.2) is 0 Å². The zero-order valence-electron chi connectivity index (χ0n) is 9.25. The largest absolute Gasteiger partial charge is 0.394 e. The van der Waals surface area contributed by atoms with Crippen LogP contribution in [0.1, 0.15) is 20.3 Å². The van der Waals surface area contributed by atoms with Gasteiger partial charge >= 0.3 is 0 Å². The van der Waals surface area contributed by atoms with E-state index in [0.717, 1.165) is 6.54 Å². The maximum Gasteiger partial charge on any atom is 0.0610 e. The molecular weight excluding hydrogens is 164 g/mol. The van der Waals surface area contributed by atoms with E-state index in [2.05, 4.69) is 37.7 Å². The van der Waals surface area contributed by atoms with Crippen molar-refractivity contribution in [2.75, 3.05) is 33.8 Å². The lowest BCUT2D eigenvalue weighted by atomic mass is 10.0. The van der Waals surface area contributed by atoms with Crippen LogP contribution in [-0.2, 0) is 0 Å². The molecular formula is C10H22N2O. The average molecular weight is 186 g/mol. The second-order valence-electron chi connectivity index (χ2n) is 4.79. The van der Waals surface area contributed by atoms with Gasteiger partial charge in [-0.2, -0.15) is 0 Å². The highest BCUT2D eigenvalue weighted by molar-refractivity contribution is 4.88. The van der Waals surface area contributed by atoms with Crippen molar-refractivity contribution >= 4 is 0 Å². The van der Waals surface area contributed by atoms with E-state index < -0.39 is 0 Å². The van der Waals surface area contributed by atoms with Crippen molar-refractivity contribution in [2.24, 2.45) is 0 Å². The number of likely N-dealkylation sites (tertiary alicyclic amines) is 1. The molecule has 0 amide bonds. The number of aliphatic hydroxyl groups excluding tert-OH is 1. The summed E-state index contributed by atoms with van der Waals surface area (Å²) in [6.07, 6.45) is 1.22. The van der Waals surface area contributed by atoms with Crippen molar-refractivity contribution in [3.8, 4) is 0 Å². The first-order valence-corrected chi connectivity index (χ1v) is 4.99. The fourth-order valence-electron chi connectivity index (χ4n) is 1.83. The Bertz CT molecular complexity index is 170. The van der Waals surface area contributed by atoms with E-state index in [1.54, 1.807) is 0 Å². The highest BCUT2D eigenvalue weighted by Crippen LogP contribution is 2.20. The van der Waals surface area contributed by atoms with Gasteiger partial charge in [0.15, 0.2) is 0 Å². The first-order valence-electron chi connectivity index (χ1n) is 4.99. The summed E-state index contributed by atoms with van der Waals surface area (Å²) in [6.45, 7) is 6.71. The third kappa shape index (κ3) is 2.42. The Hall–Kier alpha value is -0.120. The molecule has 0 aromatic carbocycles. The van der Waals surface area contributed by atoms with E-state index in [9.17, 15) is 5.11 Å². The molecule has 1 fully saturated rings. The molecule has 0 spiro atoms. The van der Waals surface area contributed by atoms with E-state index >= 15 is 0 Å². The van der Waals surface area contributed by atoms with Gasteiger partial charge in [0.1, 0.15) is 0 Å². The van der Waals surface area contributed by atoms with Crippen LogP contribution in [0.4, 0.5) is 0 Å². The third-order valence-corrected chi connectivity index (χ3v) is 3.26. The first kappa shape index (κ1) is 11.0. The lowest BCUT2D eigenvalue weighted by Crippen LogP contribution is -2.50. The van der Waals surface area contributed by atoms with Crippen LogP contribution in [0, 0.1) is 0 Å². The summed E-state index contributed by atoms with van der Waals surface area (Å²) in [6, 6.07) is 0.604. The molecule has 1 N–H and O–H groups in total. The molecule has 0 aromatic rings. The van der Waals surface area contributed by atoms with E-state index in [4.69, 9.17) is 0 Å². The molecule has 0 bridgehead atoms. The van der Waals surface area contributed by atoms with Crippen molar-refractivity contribution in [2.45, 2.75) is 31.8 Å². The second-order valence-corrected chi connectivity index (χ2v) is 4.79. The molecule has 1 unspecified atom stereocenters. The van der Waals surface area contributed by atoms with E-state index in [0.29, 0.717) is 6.04 Å². The lowest BCUT2D eigenvalue weighted by molar-refractivity contribution is 0.0483. The molecule has 0 saturated carbocycles. The highest BCUT2D eigenvalue weighted by atomic mass is 16.3. The summed E-state index contributed by atoms with van der Waals surface area (Å²) in [5.74, 6) is 0. The summed E-state index contributed by atoms with van der Waals surface area (Å²) in [4.78, 5) is 4.64. The Balaban J connectivity index is 2.52. The number of hydrogen-bond acceptors (Lipinski definition) is 3. The number of hydrogen-bond donors (Lipinski definition) is 1. The standard InChI is InChI=1S/C10H22N2O/c1-10(2,8-13)12(4)9-5-6-11(3)7-9/h9,13H,5-8H2,1-4H3. The molecule has 1 saturated heterocycles. The topological polar surface area (TPSA) is 26.7 Å². The van der Waals surface area contributed by atoms with Crippen molar-refractivity contribution in [1.82, 2.24) is 9.80 Å². The number of aliphatic hydroxyl groups is 1. The van der Waals surface area contributed by atoms with Crippen LogP contribution in [-0.4, -0.2) is 60.3 Å². The van der Waals surface area contributed by atoms with Crippen LogP contribution < -0.4 is 0 Å². The minimum absolute atomic E-state index is 0.0875. The molecule has 1 aliphatic rings. The summed E-state index contributed by atoms with van der Waals surface area (Å²) in [7, 11) is 4.26. The predicted molar refractivity (Wildman–Crippen MR) is 54.8 cm³/mol. The normalized spacial score (nSPS) is 25.8. The molecule has 13 heavy (non-hydrogen) atoms. The van der Waals surface area contributed by atoms with Gasteiger partial charge in [-0.15, -0.1) is 0 Å². The summed E-state index contributed by atoms with van der Waals surface area (Å²) in [5, 5.41) is 9.24. The second kappa shape index (κ2) is 3.95. The predicted octanol–water partition coefficient (Wildman–Crippen LogP) is 0.393. The molecule has 0 aromatic heterocycles. The lowest BCUT2D eigenvalue weighted by Gasteiger charge is -2.38. The van der Waals surface area contributed by atoms with E-state index in [1.807, 2.05) is 0 Å². The number of rotatable bonds is 3. The quantitative estimate of drug-likeness (QED) is 0.691. The minimum Gasteiger partial charge on any atom is -0.394 e. The van der Waals surface area contributed by atoms with Crippen LogP contribution in [0.3, 0.4) is 0 Å². The molecule has 1 atom stereocenters. The highest BCUT2D eigenvalue weighted by Gasteiger charge is 2.32. The summed E-state index contributed by atoms with van der Waals surface area (Å²) >= 11 is 0. The smallest absolute Gasteiger partial charge is 0.0610 e. The van der Waals surface area contributed by atoms with E-state index in [1.165, 1.54) is 13.0 Å². The summed E-state index contributed by atoms with van der Waals surface area (Å²) in [5.41, 5.74) is -0.0875. The van der Waals surface area contributed by atoms with Gasteiger partial charge in [0.05, 0.1) is 6.61 Å². The molecule has 1 aliphatic heterocycles. The van der Waals surface area contributed by atoms with Crippen molar-refractivity contribution < 1.29 is 5.11 Å². The molecule has 0 aliphatic carbocycles. The zero-order valence-corrected chi connectivity index (χ0v) is 9.25. The molecule has 1 rings (SSSR count). The summed E-state index contributed by atoms with van der Waals surface area (Å²) < 4.78 is 0. The van der Waals surface area contributed by atoms with Gasteiger partial charge in [0.2, 0.25) is 0 Å². The van der Waals surface area contributed by atoms with Crippen molar-refractivity contribution in [3.05, 3.63) is 0 Å². The molecule has 1 heterocycles. The molecule has 78 valence electrons. The first-order chi connectivity index (χ1) is 5.97. The van der Waals surface area contributed by atoms with Gasteiger partial charge in [0, 0.05) is 18.1 Å². The Morgan fingerprint density at radius 2 is 2.15 bits per heavy atom. The minimum atomic E-state index is -0.0875. The van der Waals surface area contributed by atoms with Crippen LogP contribution in [0.25, 0.3) is 0 Å². The van der Waals surface area contributed by atoms with Crippen molar-refractivity contribution in [1.29, 1.82) is 0 Å². The Labute approximate surface area is 81.3 Å². The maximum atomic E-state index is 9.24. The van der Waals surface area contributed by atoms with Crippen LogP contribution in [0.15, 0.2) is 0 Å². The van der Waals surface area contributed by atoms with Gasteiger partial charge < -0.3 is 10.0 Å². The fourth-order valence-corrected chi connectivity index (χ4v) is 1.83. The van der Waals surface area contributed by atoms with Gasteiger partial charge in [-0.3, -0.25) is 4.90 Å². The van der Waals surface area contributed by atoms with Crippen LogP contribution >= 0.6 is 0 Å². The monoisotopic (exact) mass is 186 g/mol. The Kier molecular flexibility index (Phi) is 3.33. The molecule has 0 radical (unpaired) electrons. The van der Waals surface area contributed by atoms with E-state index in [-0.39, 0.29) is 12.1 Å². The molecule has 3 nitrogen and oxygen atoms in total. The SMILES string of the molecule is CN1CCC(N(C)C(C)(C)CO)C1. The average Bonchev–Trinajstić information content (AvgIpc) is 2.50. The van der Waals surface area contributed by atoms with Crippen LogP contribution in [0.2, 0.25) is 0 Å². The zero-order chi connectivity index (χ0) is 10.1. The molecule has 3 heteroatoms.